The van der Waals surface area contributed by atoms with Crippen LogP contribution in [0.4, 0.5) is 11.4 Å². The van der Waals surface area contributed by atoms with Gasteiger partial charge in [0.05, 0.1) is 11.4 Å². The Balaban J connectivity index is 2.96. The predicted octanol–water partition coefficient (Wildman–Crippen LogP) is -1.38. The van der Waals surface area contributed by atoms with Crippen molar-refractivity contribution in [2.24, 2.45) is 10.3 Å². The van der Waals surface area contributed by atoms with Gasteiger partial charge in [-0.25, -0.2) is 27.1 Å². The summed E-state index contributed by atoms with van der Waals surface area (Å²) in [4.78, 5) is -0.197. The van der Waals surface area contributed by atoms with Crippen LogP contribution in [0, 0.1) is 0 Å². The van der Waals surface area contributed by atoms with Crippen LogP contribution in [0.1, 0.15) is 0 Å². The highest BCUT2D eigenvalue weighted by molar-refractivity contribution is 7.89. The molecule has 8 nitrogen and oxygen atoms in total. The fraction of sp³-hybridized carbons (Fsp3) is 0.250. The smallest absolute Gasteiger partial charge is 0.240 e. The van der Waals surface area contributed by atoms with E-state index in [1.165, 1.54) is 18.2 Å². The van der Waals surface area contributed by atoms with Crippen LogP contribution in [-0.4, -0.2) is 29.1 Å². The molecular weight excluding hydrogens is 280 g/mol. The molecule has 18 heavy (non-hydrogen) atoms. The first-order valence-electron chi connectivity index (χ1n) is 4.76. The summed E-state index contributed by atoms with van der Waals surface area (Å²) in [5.41, 5.74) is 5.87. The Labute approximate surface area is 105 Å². The zero-order chi connectivity index (χ0) is 14.0. The molecule has 0 saturated carbocycles. The lowest BCUT2D eigenvalue weighted by molar-refractivity contribution is 0.597. The zero-order valence-electron chi connectivity index (χ0n) is 9.33. The Kier molecular flexibility index (Phi) is 4.16. The van der Waals surface area contributed by atoms with Crippen LogP contribution >= 0.6 is 0 Å². The monoisotopic (exact) mass is 294 g/mol. The molecular formula is C8H14N4O4S2. The van der Waals surface area contributed by atoms with E-state index in [0.29, 0.717) is 0 Å². The molecule has 0 unspecified atom stereocenters. The van der Waals surface area contributed by atoms with Crippen molar-refractivity contribution in [1.29, 1.82) is 0 Å². The molecule has 0 heterocycles. The summed E-state index contributed by atoms with van der Waals surface area (Å²) in [5, 5.41) is 12.5. The highest BCUT2D eigenvalue weighted by Gasteiger charge is 2.14. The van der Waals surface area contributed by atoms with E-state index in [1.54, 1.807) is 0 Å². The third-order valence-corrected chi connectivity index (χ3v) is 3.74. The molecule has 0 radical (unpaired) electrons. The standard InChI is InChI=1S/C8H14N4O4S2/c9-6-1-2-7(8(5-6)18(11,15)16)12-3-4-17(10,13)14/h1-2,5,12H,3-4,9H2,(H2,10,13,14)(H2,11,15,16). The van der Waals surface area contributed by atoms with Crippen LogP contribution in [0.3, 0.4) is 0 Å². The molecule has 0 aliphatic carbocycles. The lowest BCUT2D eigenvalue weighted by Crippen LogP contribution is -2.23. The van der Waals surface area contributed by atoms with E-state index in [1.807, 2.05) is 0 Å². The summed E-state index contributed by atoms with van der Waals surface area (Å²) < 4.78 is 44.1. The first-order valence-corrected chi connectivity index (χ1v) is 8.02. The Morgan fingerprint density at radius 3 is 2.22 bits per heavy atom. The van der Waals surface area contributed by atoms with Crippen molar-refractivity contribution >= 4 is 31.4 Å². The largest absolute Gasteiger partial charge is 0.399 e. The predicted molar refractivity (Wildman–Crippen MR) is 68.7 cm³/mol. The lowest BCUT2D eigenvalue weighted by atomic mass is 10.3. The van der Waals surface area contributed by atoms with Gasteiger partial charge in [-0.2, -0.15) is 0 Å². The normalized spacial score (nSPS) is 12.3. The molecule has 102 valence electrons. The second kappa shape index (κ2) is 5.10. The van der Waals surface area contributed by atoms with Crippen molar-refractivity contribution in [1.82, 2.24) is 0 Å². The van der Waals surface area contributed by atoms with Gasteiger partial charge < -0.3 is 11.1 Å². The van der Waals surface area contributed by atoms with Crippen molar-refractivity contribution < 1.29 is 16.8 Å². The molecule has 1 aromatic carbocycles. The van der Waals surface area contributed by atoms with E-state index in [0.717, 1.165) is 0 Å². The number of nitrogen functional groups attached to an aromatic ring is 1. The number of anilines is 2. The number of benzene rings is 1. The van der Waals surface area contributed by atoms with Crippen LogP contribution < -0.4 is 21.3 Å². The summed E-state index contributed by atoms with van der Waals surface area (Å²) in [6.07, 6.45) is 0. The molecule has 0 amide bonds. The van der Waals surface area contributed by atoms with E-state index in [9.17, 15) is 16.8 Å². The van der Waals surface area contributed by atoms with E-state index in [4.69, 9.17) is 16.0 Å². The molecule has 0 bridgehead atoms. The summed E-state index contributed by atoms with van der Waals surface area (Å²) in [6.45, 7) is -0.0364. The molecule has 0 fully saturated rings. The molecule has 0 aliphatic heterocycles. The second-order valence-corrected chi connectivity index (χ2v) is 6.86. The van der Waals surface area contributed by atoms with E-state index < -0.39 is 20.0 Å². The Morgan fingerprint density at radius 2 is 1.72 bits per heavy atom. The van der Waals surface area contributed by atoms with E-state index >= 15 is 0 Å². The van der Waals surface area contributed by atoms with E-state index in [2.05, 4.69) is 5.32 Å². The van der Waals surface area contributed by atoms with Crippen molar-refractivity contribution in [3.63, 3.8) is 0 Å². The van der Waals surface area contributed by atoms with Gasteiger partial charge in [-0.15, -0.1) is 0 Å². The van der Waals surface area contributed by atoms with Gasteiger partial charge in [-0.05, 0) is 18.2 Å². The highest BCUT2D eigenvalue weighted by Crippen LogP contribution is 2.22. The summed E-state index contributed by atoms with van der Waals surface area (Å²) in [7, 11) is -7.56. The SMILES string of the molecule is Nc1ccc(NCCS(N)(=O)=O)c(S(N)(=O)=O)c1. The topological polar surface area (TPSA) is 158 Å². The number of rotatable bonds is 5. The Hall–Kier alpha value is -1.36. The minimum absolute atomic E-state index is 0.0364. The Bertz CT molecular complexity index is 639. The molecule has 0 aliphatic rings. The van der Waals surface area contributed by atoms with Crippen LogP contribution in [0.5, 0.6) is 0 Å². The fourth-order valence-electron chi connectivity index (χ4n) is 1.25. The molecule has 0 saturated heterocycles. The number of nitrogens with two attached hydrogens (primary N) is 3. The summed E-state index contributed by atoms with van der Waals surface area (Å²) in [5.74, 6) is -0.332. The number of hydrogen-bond donors (Lipinski definition) is 4. The number of hydrogen-bond acceptors (Lipinski definition) is 6. The van der Waals surface area contributed by atoms with Crippen LogP contribution in [0.25, 0.3) is 0 Å². The van der Waals surface area contributed by atoms with Gasteiger partial charge in [-0.1, -0.05) is 0 Å². The van der Waals surface area contributed by atoms with Crippen LogP contribution in [0.15, 0.2) is 23.1 Å². The molecule has 1 rings (SSSR count). The van der Waals surface area contributed by atoms with Crippen molar-refractivity contribution in [3.05, 3.63) is 18.2 Å². The third-order valence-electron chi connectivity index (χ3n) is 2.01. The van der Waals surface area contributed by atoms with Gasteiger partial charge in [0.25, 0.3) is 0 Å². The van der Waals surface area contributed by atoms with Crippen molar-refractivity contribution in [2.45, 2.75) is 4.90 Å². The quantitative estimate of drug-likeness (QED) is 0.490. The average Bonchev–Trinajstić information content (AvgIpc) is 2.17. The maximum absolute atomic E-state index is 11.3. The van der Waals surface area contributed by atoms with Gasteiger partial charge >= 0.3 is 0 Å². The average molecular weight is 294 g/mol. The molecule has 0 aromatic heterocycles. The van der Waals surface area contributed by atoms with Gasteiger partial charge in [0, 0.05) is 12.2 Å². The van der Waals surface area contributed by atoms with Crippen molar-refractivity contribution in [3.8, 4) is 0 Å². The number of sulfonamides is 2. The van der Waals surface area contributed by atoms with Crippen LogP contribution in [-0.2, 0) is 20.0 Å². The van der Waals surface area contributed by atoms with E-state index in [-0.39, 0.29) is 28.6 Å². The fourth-order valence-corrected chi connectivity index (χ4v) is 2.38. The molecule has 0 atom stereocenters. The molecule has 0 spiro atoms. The summed E-state index contributed by atoms with van der Waals surface area (Å²) in [6, 6.07) is 4.06. The Morgan fingerprint density at radius 1 is 1.11 bits per heavy atom. The highest BCUT2D eigenvalue weighted by atomic mass is 32.2. The lowest BCUT2D eigenvalue weighted by Gasteiger charge is -2.10. The first-order chi connectivity index (χ1) is 8.09. The molecule has 7 N–H and O–H groups in total. The number of nitrogens with one attached hydrogen (secondary N) is 1. The summed E-state index contributed by atoms with van der Waals surface area (Å²) >= 11 is 0. The maximum Gasteiger partial charge on any atom is 0.240 e. The van der Waals surface area contributed by atoms with Gasteiger partial charge in [0.15, 0.2) is 0 Å². The molecule has 10 heteroatoms. The maximum atomic E-state index is 11.3. The minimum atomic E-state index is -3.95. The number of primary sulfonamides is 2. The second-order valence-electron chi connectivity index (χ2n) is 3.59. The van der Waals surface area contributed by atoms with Gasteiger partial charge in [0.2, 0.25) is 20.0 Å². The van der Waals surface area contributed by atoms with Gasteiger partial charge in [0.1, 0.15) is 4.90 Å². The van der Waals surface area contributed by atoms with Crippen molar-refractivity contribution in [2.75, 3.05) is 23.3 Å². The third kappa shape index (κ3) is 4.49. The first kappa shape index (κ1) is 14.7. The molecule has 1 aromatic rings. The zero-order valence-corrected chi connectivity index (χ0v) is 11.0. The van der Waals surface area contributed by atoms with Gasteiger partial charge in [-0.3, -0.25) is 0 Å². The minimum Gasteiger partial charge on any atom is -0.399 e. The van der Waals surface area contributed by atoms with Crippen LogP contribution in [0.2, 0.25) is 0 Å².